The van der Waals surface area contributed by atoms with Gasteiger partial charge in [0.05, 0.1) is 24.1 Å². The molecule has 0 saturated heterocycles. The van der Waals surface area contributed by atoms with E-state index in [1.807, 2.05) is 76.2 Å². The standard InChI is InChI=1S/C9H9N.C8H7N.C2H6/c1-8-4-2-3-5-9(8)6-7-10;1-7-4-2-3-5-8(7)6-9;1-2/h2-5H,6H2,1H3;2-5H,1H3;1-2H3. The fraction of sp³-hybridized carbons (Fsp3) is 0.263. The lowest BCUT2D eigenvalue weighted by molar-refractivity contribution is 1.21. The van der Waals surface area contributed by atoms with Gasteiger partial charge >= 0.3 is 0 Å². The highest BCUT2D eigenvalue weighted by atomic mass is 14.2. The Balaban J connectivity index is 0.000000342. The third-order valence-electron chi connectivity index (χ3n) is 2.80. The van der Waals surface area contributed by atoms with Gasteiger partial charge in [0.1, 0.15) is 0 Å². The Morgan fingerprint density at radius 2 is 1.33 bits per heavy atom. The molecule has 108 valence electrons. The summed E-state index contributed by atoms with van der Waals surface area (Å²) < 4.78 is 0. The van der Waals surface area contributed by atoms with Crippen LogP contribution in [0.15, 0.2) is 48.5 Å². The predicted octanol–water partition coefficient (Wildman–Crippen LogP) is 4.95. The first-order valence-electron chi connectivity index (χ1n) is 7.06. The molecule has 0 radical (unpaired) electrons. The molecule has 0 aliphatic heterocycles. The third kappa shape index (κ3) is 6.95. The molecule has 0 aliphatic rings. The van der Waals surface area contributed by atoms with Crippen LogP contribution in [0.1, 0.15) is 36.1 Å². The van der Waals surface area contributed by atoms with Gasteiger partial charge in [-0.1, -0.05) is 56.3 Å². The number of nitrogens with zero attached hydrogens (tertiary/aromatic N) is 2. The average molecular weight is 278 g/mol. The van der Waals surface area contributed by atoms with Crippen molar-refractivity contribution in [2.45, 2.75) is 34.1 Å². The van der Waals surface area contributed by atoms with Crippen LogP contribution in [0.25, 0.3) is 0 Å². The lowest BCUT2D eigenvalue weighted by atomic mass is 10.1. The van der Waals surface area contributed by atoms with Crippen LogP contribution in [0.3, 0.4) is 0 Å². The average Bonchev–Trinajstić information content (AvgIpc) is 2.53. The summed E-state index contributed by atoms with van der Waals surface area (Å²) >= 11 is 0. The van der Waals surface area contributed by atoms with E-state index in [4.69, 9.17) is 10.5 Å². The van der Waals surface area contributed by atoms with Crippen molar-refractivity contribution in [3.05, 3.63) is 70.8 Å². The minimum Gasteiger partial charge on any atom is -0.198 e. The molecule has 21 heavy (non-hydrogen) atoms. The number of benzene rings is 2. The molecule has 0 spiro atoms. The van der Waals surface area contributed by atoms with Crippen LogP contribution >= 0.6 is 0 Å². The summed E-state index contributed by atoms with van der Waals surface area (Å²) in [4.78, 5) is 0. The van der Waals surface area contributed by atoms with Gasteiger partial charge in [-0.25, -0.2) is 0 Å². The molecule has 2 aromatic carbocycles. The van der Waals surface area contributed by atoms with Crippen LogP contribution in [0.4, 0.5) is 0 Å². The lowest BCUT2D eigenvalue weighted by Gasteiger charge is -1.97. The van der Waals surface area contributed by atoms with Gasteiger partial charge in [-0.15, -0.1) is 0 Å². The van der Waals surface area contributed by atoms with Crippen molar-refractivity contribution in [2.75, 3.05) is 0 Å². The molecule has 0 bridgehead atoms. The molecule has 0 aliphatic carbocycles. The van der Waals surface area contributed by atoms with Crippen LogP contribution in [0.5, 0.6) is 0 Å². The van der Waals surface area contributed by atoms with Crippen LogP contribution in [-0.2, 0) is 6.42 Å². The van der Waals surface area contributed by atoms with E-state index >= 15 is 0 Å². The van der Waals surface area contributed by atoms with E-state index in [1.165, 1.54) is 5.56 Å². The molecule has 0 heterocycles. The summed E-state index contributed by atoms with van der Waals surface area (Å²) in [6.45, 7) is 7.95. The second-order valence-corrected chi connectivity index (χ2v) is 4.19. The fourth-order valence-electron chi connectivity index (χ4n) is 1.59. The van der Waals surface area contributed by atoms with Crippen LogP contribution in [0.2, 0.25) is 0 Å². The van der Waals surface area contributed by atoms with E-state index in [0.29, 0.717) is 6.42 Å². The van der Waals surface area contributed by atoms with Crippen LogP contribution in [0, 0.1) is 36.5 Å². The second-order valence-electron chi connectivity index (χ2n) is 4.19. The fourth-order valence-corrected chi connectivity index (χ4v) is 1.59. The van der Waals surface area contributed by atoms with Gasteiger partial charge in [0, 0.05) is 0 Å². The number of rotatable bonds is 1. The van der Waals surface area contributed by atoms with E-state index in [-0.39, 0.29) is 0 Å². The molecule has 2 heteroatoms. The summed E-state index contributed by atoms with van der Waals surface area (Å²) in [5, 5.41) is 16.9. The Bertz CT molecular complexity index is 616. The molecule has 0 aromatic heterocycles. The van der Waals surface area contributed by atoms with Gasteiger partial charge in [-0.3, -0.25) is 0 Å². The Kier molecular flexibility index (Phi) is 9.88. The first kappa shape index (κ1) is 18.4. The Morgan fingerprint density at radius 3 is 1.76 bits per heavy atom. The maximum atomic E-state index is 8.47. The summed E-state index contributed by atoms with van der Waals surface area (Å²) in [5.41, 5.74) is 4.13. The Morgan fingerprint density at radius 1 is 0.810 bits per heavy atom. The highest BCUT2D eigenvalue weighted by Gasteiger charge is 1.92. The second kappa shape index (κ2) is 11.3. The maximum Gasteiger partial charge on any atom is 0.0994 e. The van der Waals surface area contributed by atoms with Crippen molar-refractivity contribution in [3.63, 3.8) is 0 Å². The van der Waals surface area contributed by atoms with Crippen molar-refractivity contribution in [3.8, 4) is 12.1 Å². The SMILES string of the molecule is CC.Cc1ccccc1C#N.Cc1ccccc1CC#N. The maximum absolute atomic E-state index is 8.47. The molecule has 2 aromatic rings. The highest BCUT2D eigenvalue weighted by Crippen LogP contribution is 2.06. The van der Waals surface area contributed by atoms with Gasteiger partial charge in [0.25, 0.3) is 0 Å². The quantitative estimate of drug-likeness (QED) is 0.740. The summed E-state index contributed by atoms with van der Waals surface area (Å²) in [6, 6.07) is 19.7. The van der Waals surface area contributed by atoms with Gasteiger partial charge in [0.2, 0.25) is 0 Å². The molecule has 0 unspecified atom stereocenters. The first-order chi connectivity index (χ1) is 10.2. The van der Waals surface area contributed by atoms with Crippen LogP contribution in [-0.4, -0.2) is 0 Å². The summed E-state index contributed by atoms with van der Waals surface area (Å²) in [5.74, 6) is 0. The summed E-state index contributed by atoms with van der Waals surface area (Å²) in [7, 11) is 0. The van der Waals surface area contributed by atoms with E-state index in [9.17, 15) is 0 Å². The van der Waals surface area contributed by atoms with Crippen molar-refractivity contribution in [2.24, 2.45) is 0 Å². The molecular weight excluding hydrogens is 256 g/mol. The lowest BCUT2D eigenvalue weighted by Crippen LogP contribution is -1.84. The first-order valence-corrected chi connectivity index (χ1v) is 7.06. The number of hydrogen-bond acceptors (Lipinski definition) is 2. The minimum absolute atomic E-state index is 0.521. The zero-order chi connectivity index (χ0) is 16.1. The monoisotopic (exact) mass is 278 g/mol. The molecule has 0 saturated carbocycles. The van der Waals surface area contributed by atoms with Crippen molar-refractivity contribution >= 4 is 0 Å². The number of aryl methyl sites for hydroxylation is 2. The van der Waals surface area contributed by atoms with E-state index in [0.717, 1.165) is 16.7 Å². The third-order valence-corrected chi connectivity index (χ3v) is 2.80. The van der Waals surface area contributed by atoms with E-state index < -0.39 is 0 Å². The van der Waals surface area contributed by atoms with E-state index in [2.05, 4.69) is 12.1 Å². The van der Waals surface area contributed by atoms with Gasteiger partial charge in [-0.2, -0.15) is 10.5 Å². The molecule has 0 atom stereocenters. The normalized spacial score (nSPS) is 8.10. The van der Waals surface area contributed by atoms with Crippen LogP contribution < -0.4 is 0 Å². The van der Waals surface area contributed by atoms with Crippen molar-refractivity contribution in [1.29, 1.82) is 10.5 Å². The zero-order valence-electron chi connectivity index (χ0n) is 13.2. The largest absolute Gasteiger partial charge is 0.198 e. The molecule has 0 N–H and O–H groups in total. The van der Waals surface area contributed by atoms with Crippen molar-refractivity contribution in [1.82, 2.24) is 0 Å². The Hall–Kier alpha value is -2.58. The number of nitriles is 2. The van der Waals surface area contributed by atoms with Gasteiger partial charge < -0.3 is 0 Å². The van der Waals surface area contributed by atoms with Gasteiger partial charge in [-0.05, 0) is 36.6 Å². The van der Waals surface area contributed by atoms with Crippen molar-refractivity contribution < 1.29 is 0 Å². The molecule has 0 fully saturated rings. The molecule has 2 nitrogen and oxygen atoms in total. The van der Waals surface area contributed by atoms with Gasteiger partial charge in [0.15, 0.2) is 0 Å². The zero-order valence-corrected chi connectivity index (χ0v) is 13.2. The molecule has 0 amide bonds. The molecule has 2 rings (SSSR count). The Labute approximate surface area is 128 Å². The number of hydrogen-bond donors (Lipinski definition) is 0. The summed E-state index contributed by atoms with van der Waals surface area (Å²) in [6.07, 6.45) is 0.521. The highest BCUT2D eigenvalue weighted by molar-refractivity contribution is 5.35. The predicted molar refractivity (Wildman–Crippen MR) is 87.7 cm³/mol. The van der Waals surface area contributed by atoms with E-state index in [1.54, 1.807) is 0 Å². The molecular formula is C19H22N2. The topological polar surface area (TPSA) is 47.6 Å². The minimum atomic E-state index is 0.521. The smallest absolute Gasteiger partial charge is 0.0994 e.